The summed E-state index contributed by atoms with van der Waals surface area (Å²) in [6.45, 7) is 5.47. The predicted molar refractivity (Wildman–Crippen MR) is 82.6 cm³/mol. The van der Waals surface area contributed by atoms with Crippen LogP contribution in [0.5, 0.6) is 0 Å². The molecular weight excluding hydrogens is 256 g/mol. The van der Waals surface area contributed by atoms with Crippen LogP contribution in [0, 0.1) is 5.92 Å². The minimum Gasteiger partial charge on any atom is -0.314 e. The highest BCUT2D eigenvalue weighted by atomic mass is 35.5. The Bertz CT molecular complexity index is 377. The second kappa shape index (κ2) is 7.28. The zero-order valence-corrected chi connectivity index (χ0v) is 12.8. The quantitative estimate of drug-likeness (QED) is 0.857. The van der Waals surface area contributed by atoms with Crippen LogP contribution >= 0.6 is 11.6 Å². The van der Waals surface area contributed by atoms with Gasteiger partial charge in [0.15, 0.2) is 0 Å². The highest BCUT2D eigenvalue weighted by molar-refractivity contribution is 6.30. The number of hydrogen-bond donors (Lipinski definition) is 1. The SMILES string of the molecule is CCNC1CCCC1CN(C)Cc1ccc(Cl)cc1. The summed E-state index contributed by atoms with van der Waals surface area (Å²) in [5.41, 5.74) is 1.34. The first-order valence-electron chi connectivity index (χ1n) is 7.35. The maximum absolute atomic E-state index is 5.92. The van der Waals surface area contributed by atoms with E-state index in [-0.39, 0.29) is 0 Å². The first kappa shape index (κ1) is 14.8. The number of nitrogens with one attached hydrogen (secondary N) is 1. The van der Waals surface area contributed by atoms with Gasteiger partial charge in [0, 0.05) is 24.2 Å². The third-order valence-electron chi connectivity index (χ3n) is 4.04. The number of halogens is 1. The smallest absolute Gasteiger partial charge is 0.0406 e. The molecule has 0 aliphatic heterocycles. The van der Waals surface area contributed by atoms with E-state index in [0.29, 0.717) is 0 Å². The molecule has 1 aromatic carbocycles. The lowest BCUT2D eigenvalue weighted by atomic mass is 10.0. The van der Waals surface area contributed by atoms with Crippen molar-refractivity contribution in [3.63, 3.8) is 0 Å². The summed E-state index contributed by atoms with van der Waals surface area (Å²) >= 11 is 5.92. The fourth-order valence-corrected chi connectivity index (χ4v) is 3.28. The lowest BCUT2D eigenvalue weighted by Crippen LogP contribution is -2.37. The second-order valence-electron chi connectivity index (χ2n) is 5.68. The molecule has 1 saturated carbocycles. The molecule has 1 fully saturated rings. The van der Waals surface area contributed by atoms with Crippen LogP contribution in [-0.4, -0.2) is 31.1 Å². The molecule has 1 N–H and O–H groups in total. The summed E-state index contributed by atoms with van der Waals surface area (Å²) in [4.78, 5) is 2.43. The van der Waals surface area contributed by atoms with Crippen LogP contribution in [0.25, 0.3) is 0 Å². The standard InChI is InChI=1S/C16H25ClN2/c1-3-18-16-6-4-5-14(16)12-19(2)11-13-7-9-15(17)10-8-13/h7-10,14,16,18H,3-6,11-12H2,1-2H3. The number of rotatable bonds is 6. The van der Waals surface area contributed by atoms with E-state index in [9.17, 15) is 0 Å². The van der Waals surface area contributed by atoms with Crippen molar-refractivity contribution >= 4 is 11.6 Å². The van der Waals surface area contributed by atoms with Crippen molar-refractivity contribution in [3.8, 4) is 0 Å². The molecule has 0 radical (unpaired) electrons. The minimum atomic E-state index is 0.720. The molecule has 0 spiro atoms. The van der Waals surface area contributed by atoms with E-state index >= 15 is 0 Å². The Morgan fingerprint density at radius 2 is 2.00 bits per heavy atom. The van der Waals surface area contributed by atoms with Gasteiger partial charge in [0.1, 0.15) is 0 Å². The fraction of sp³-hybridized carbons (Fsp3) is 0.625. The largest absolute Gasteiger partial charge is 0.314 e. The van der Waals surface area contributed by atoms with Gasteiger partial charge in [-0.25, -0.2) is 0 Å². The second-order valence-corrected chi connectivity index (χ2v) is 6.11. The molecule has 2 unspecified atom stereocenters. The van der Waals surface area contributed by atoms with Gasteiger partial charge >= 0.3 is 0 Å². The Labute approximate surface area is 122 Å². The van der Waals surface area contributed by atoms with Crippen molar-refractivity contribution in [1.82, 2.24) is 10.2 Å². The van der Waals surface area contributed by atoms with Gasteiger partial charge in [-0.15, -0.1) is 0 Å². The average Bonchev–Trinajstić information content (AvgIpc) is 2.80. The summed E-state index contributed by atoms with van der Waals surface area (Å²) in [5, 5.41) is 4.44. The Kier molecular flexibility index (Phi) is 5.68. The normalized spacial score (nSPS) is 23.2. The highest BCUT2D eigenvalue weighted by Gasteiger charge is 2.27. The van der Waals surface area contributed by atoms with Crippen LogP contribution in [0.4, 0.5) is 0 Å². The third-order valence-corrected chi connectivity index (χ3v) is 4.29. The summed E-state index contributed by atoms with van der Waals surface area (Å²) in [7, 11) is 2.22. The third kappa shape index (κ3) is 4.48. The topological polar surface area (TPSA) is 15.3 Å². The molecule has 0 bridgehead atoms. The molecule has 2 rings (SSSR count). The first-order chi connectivity index (χ1) is 9.19. The number of nitrogens with zero attached hydrogens (tertiary/aromatic N) is 1. The number of hydrogen-bond acceptors (Lipinski definition) is 2. The fourth-order valence-electron chi connectivity index (χ4n) is 3.15. The minimum absolute atomic E-state index is 0.720. The maximum Gasteiger partial charge on any atom is 0.0406 e. The summed E-state index contributed by atoms with van der Waals surface area (Å²) in [6, 6.07) is 8.91. The van der Waals surface area contributed by atoms with Gasteiger partial charge in [0.05, 0.1) is 0 Å². The van der Waals surface area contributed by atoms with E-state index in [1.54, 1.807) is 0 Å². The summed E-state index contributed by atoms with van der Waals surface area (Å²) in [5.74, 6) is 0.803. The monoisotopic (exact) mass is 280 g/mol. The maximum atomic E-state index is 5.92. The van der Waals surface area contributed by atoms with E-state index in [0.717, 1.165) is 30.1 Å². The van der Waals surface area contributed by atoms with Crippen molar-refractivity contribution in [2.24, 2.45) is 5.92 Å². The van der Waals surface area contributed by atoms with Crippen molar-refractivity contribution < 1.29 is 0 Å². The Hall–Kier alpha value is -0.570. The van der Waals surface area contributed by atoms with Gasteiger partial charge in [0.2, 0.25) is 0 Å². The molecule has 2 atom stereocenters. The van der Waals surface area contributed by atoms with Gasteiger partial charge in [0.25, 0.3) is 0 Å². The molecular formula is C16H25ClN2. The van der Waals surface area contributed by atoms with E-state index in [2.05, 4.69) is 36.3 Å². The molecule has 0 amide bonds. The van der Waals surface area contributed by atoms with Crippen LogP contribution in [0.2, 0.25) is 5.02 Å². The predicted octanol–water partition coefficient (Wildman–Crippen LogP) is 3.55. The Balaban J connectivity index is 1.83. The van der Waals surface area contributed by atoms with Crippen molar-refractivity contribution in [2.75, 3.05) is 20.1 Å². The molecule has 106 valence electrons. The lowest BCUT2D eigenvalue weighted by molar-refractivity contribution is 0.246. The van der Waals surface area contributed by atoms with Crippen LogP contribution in [-0.2, 0) is 6.54 Å². The average molecular weight is 281 g/mol. The lowest BCUT2D eigenvalue weighted by Gasteiger charge is -2.26. The first-order valence-corrected chi connectivity index (χ1v) is 7.73. The van der Waals surface area contributed by atoms with E-state index in [1.165, 1.54) is 31.4 Å². The zero-order valence-electron chi connectivity index (χ0n) is 12.0. The van der Waals surface area contributed by atoms with E-state index < -0.39 is 0 Å². The van der Waals surface area contributed by atoms with Gasteiger partial charge in [-0.1, -0.05) is 37.1 Å². The Morgan fingerprint density at radius 3 is 2.68 bits per heavy atom. The molecule has 1 aliphatic carbocycles. The highest BCUT2D eigenvalue weighted by Crippen LogP contribution is 2.26. The molecule has 3 heteroatoms. The molecule has 0 heterocycles. The van der Waals surface area contributed by atoms with Crippen LogP contribution in [0.15, 0.2) is 24.3 Å². The van der Waals surface area contributed by atoms with Crippen LogP contribution < -0.4 is 5.32 Å². The van der Waals surface area contributed by atoms with Gasteiger partial charge in [-0.3, -0.25) is 0 Å². The molecule has 0 aromatic heterocycles. The molecule has 1 aliphatic rings. The zero-order chi connectivity index (χ0) is 13.7. The van der Waals surface area contributed by atoms with Crippen LogP contribution in [0.3, 0.4) is 0 Å². The van der Waals surface area contributed by atoms with Crippen molar-refractivity contribution in [2.45, 2.75) is 38.8 Å². The summed E-state index contributed by atoms with van der Waals surface area (Å²) < 4.78 is 0. The number of benzene rings is 1. The van der Waals surface area contributed by atoms with Gasteiger partial charge < -0.3 is 10.2 Å². The molecule has 2 nitrogen and oxygen atoms in total. The Morgan fingerprint density at radius 1 is 1.26 bits per heavy atom. The molecule has 0 saturated heterocycles. The van der Waals surface area contributed by atoms with Crippen LogP contribution in [0.1, 0.15) is 31.7 Å². The van der Waals surface area contributed by atoms with E-state index in [4.69, 9.17) is 11.6 Å². The van der Waals surface area contributed by atoms with Crippen molar-refractivity contribution in [3.05, 3.63) is 34.9 Å². The molecule has 19 heavy (non-hydrogen) atoms. The molecule has 1 aromatic rings. The van der Waals surface area contributed by atoms with Crippen molar-refractivity contribution in [1.29, 1.82) is 0 Å². The van der Waals surface area contributed by atoms with Gasteiger partial charge in [-0.05, 0) is 50.0 Å². The van der Waals surface area contributed by atoms with E-state index in [1.807, 2.05) is 12.1 Å². The van der Waals surface area contributed by atoms with Gasteiger partial charge in [-0.2, -0.15) is 0 Å². The summed E-state index contributed by atoms with van der Waals surface area (Å²) in [6.07, 6.45) is 4.08.